The van der Waals surface area contributed by atoms with Crippen LogP contribution in [-0.2, 0) is 11.2 Å². The fraction of sp³-hybridized carbons (Fsp3) is 0.300. The predicted octanol–water partition coefficient (Wildman–Crippen LogP) is 2.05. The third-order valence-electron chi connectivity index (χ3n) is 1.79. The van der Waals surface area contributed by atoms with Crippen LogP contribution < -0.4 is 5.32 Å². The summed E-state index contributed by atoms with van der Waals surface area (Å²) in [5.74, 6) is -1.47. The number of benzene rings is 1. The number of nitrogens with one attached hydrogen (secondary N) is 1. The van der Waals surface area contributed by atoms with Gasteiger partial charge < -0.3 is 5.32 Å². The molecular formula is C10H9F4NO. The molecule has 0 fully saturated rings. The Morgan fingerprint density at radius 2 is 1.88 bits per heavy atom. The van der Waals surface area contributed by atoms with Gasteiger partial charge in [-0.1, -0.05) is 18.2 Å². The molecular weight excluding hydrogens is 226 g/mol. The van der Waals surface area contributed by atoms with Gasteiger partial charge in [0, 0.05) is 0 Å². The van der Waals surface area contributed by atoms with Crippen molar-refractivity contribution in [1.82, 2.24) is 5.32 Å². The van der Waals surface area contributed by atoms with Gasteiger partial charge in [0.15, 0.2) is 0 Å². The zero-order chi connectivity index (χ0) is 12.2. The van der Waals surface area contributed by atoms with Crippen LogP contribution in [0.15, 0.2) is 24.3 Å². The van der Waals surface area contributed by atoms with Crippen molar-refractivity contribution in [2.45, 2.75) is 12.6 Å². The highest BCUT2D eigenvalue weighted by Crippen LogP contribution is 2.12. The third-order valence-corrected chi connectivity index (χ3v) is 1.79. The lowest BCUT2D eigenvalue weighted by atomic mass is 10.1. The minimum absolute atomic E-state index is 0.0715. The first-order valence-corrected chi connectivity index (χ1v) is 4.45. The first kappa shape index (κ1) is 12.5. The molecule has 2 nitrogen and oxygen atoms in total. The first-order chi connectivity index (χ1) is 7.38. The Morgan fingerprint density at radius 1 is 1.25 bits per heavy atom. The fourth-order valence-electron chi connectivity index (χ4n) is 1.08. The van der Waals surface area contributed by atoms with Crippen LogP contribution in [-0.4, -0.2) is 18.6 Å². The first-order valence-electron chi connectivity index (χ1n) is 4.45. The van der Waals surface area contributed by atoms with E-state index in [0.717, 1.165) is 6.07 Å². The Morgan fingerprint density at radius 3 is 2.44 bits per heavy atom. The van der Waals surface area contributed by atoms with Crippen LogP contribution in [0.5, 0.6) is 0 Å². The van der Waals surface area contributed by atoms with E-state index in [0.29, 0.717) is 0 Å². The zero-order valence-electron chi connectivity index (χ0n) is 8.14. The number of carbonyl (C=O) groups excluding carboxylic acids is 1. The Kier molecular flexibility index (Phi) is 3.87. The van der Waals surface area contributed by atoms with Gasteiger partial charge in [0.1, 0.15) is 12.4 Å². The summed E-state index contributed by atoms with van der Waals surface area (Å²) in [6.07, 6.45) is -4.85. The molecule has 1 amide bonds. The maximum Gasteiger partial charge on any atom is 0.405 e. The van der Waals surface area contributed by atoms with E-state index in [9.17, 15) is 22.4 Å². The normalized spacial score (nSPS) is 11.2. The molecule has 1 rings (SSSR count). The third kappa shape index (κ3) is 4.29. The summed E-state index contributed by atoms with van der Waals surface area (Å²) in [6, 6.07) is 5.44. The van der Waals surface area contributed by atoms with E-state index < -0.39 is 30.9 Å². The van der Waals surface area contributed by atoms with Crippen LogP contribution in [0, 0.1) is 5.82 Å². The minimum Gasteiger partial charge on any atom is -0.347 e. The van der Waals surface area contributed by atoms with Gasteiger partial charge >= 0.3 is 6.18 Å². The number of hydrogen-bond donors (Lipinski definition) is 1. The van der Waals surface area contributed by atoms with E-state index >= 15 is 0 Å². The van der Waals surface area contributed by atoms with E-state index in [1.165, 1.54) is 18.2 Å². The second-order valence-electron chi connectivity index (χ2n) is 3.16. The Balaban J connectivity index is 2.50. The van der Waals surface area contributed by atoms with Gasteiger partial charge in [0.25, 0.3) is 0 Å². The van der Waals surface area contributed by atoms with E-state index in [4.69, 9.17) is 0 Å². The molecule has 0 saturated heterocycles. The highest BCUT2D eigenvalue weighted by molar-refractivity contribution is 5.78. The molecule has 0 aliphatic heterocycles. The summed E-state index contributed by atoms with van der Waals surface area (Å²) in [5.41, 5.74) is 0.0715. The number of halogens is 4. The predicted molar refractivity (Wildman–Crippen MR) is 49.2 cm³/mol. The van der Waals surface area contributed by atoms with Crippen molar-refractivity contribution in [3.63, 3.8) is 0 Å². The molecule has 0 aromatic heterocycles. The molecule has 0 saturated carbocycles. The molecule has 16 heavy (non-hydrogen) atoms. The monoisotopic (exact) mass is 235 g/mol. The van der Waals surface area contributed by atoms with Crippen LogP contribution in [0.1, 0.15) is 5.56 Å². The second-order valence-corrected chi connectivity index (χ2v) is 3.16. The van der Waals surface area contributed by atoms with Crippen molar-refractivity contribution in [1.29, 1.82) is 0 Å². The van der Waals surface area contributed by atoms with Crippen molar-refractivity contribution in [2.24, 2.45) is 0 Å². The lowest BCUT2D eigenvalue weighted by Gasteiger charge is -2.08. The molecule has 0 aliphatic rings. The molecule has 1 N–H and O–H groups in total. The van der Waals surface area contributed by atoms with Gasteiger partial charge in [-0.15, -0.1) is 0 Å². The molecule has 0 unspecified atom stereocenters. The van der Waals surface area contributed by atoms with E-state index in [-0.39, 0.29) is 5.56 Å². The van der Waals surface area contributed by atoms with E-state index in [2.05, 4.69) is 0 Å². The van der Waals surface area contributed by atoms with E-state index in [1.54, 1.807) is 5.32 Å². The molecule has 0 aliphatic carbocycles. The maximum absolute atomic E-state index is 13.0. The highest BCUT2D eigenvalue weighted by atomic mass is 19.4. The average molecular weight is 235 g/mol. The molecule has 88 valence electrons. The van der Waals surface area contributed by atoms with Gasteiger partial charge in [0.05, 0.1) is 6.42 Å². The SMILES string of the molecule is O=C(Cc1ccccc1F)NCC(F)(F)F. The molecule has 0 heterocycles. The summed E-state index contributed by atoms with van der Waals surface area (Å²) in [4.78, 5) is 11.0. The number of rotatable bonds is 3. The van der Waals surface area contributed by atoms with Gasteiger partial charge in [-0.25, -0.2) is 4.39 Å². The standard InChI is InChI=1S/C10H9F4NO/c11-8-4-2-1-3-7(8)5-9(16)15-6-10(12,13)14/h1-4H,5-6H2,(H,15,16). The van der Waals surface area contributed by atoms with Crippen LogP contribution in [0.3, 0.4) is 0 Å². The summed E-state index contributed by atoms with van der Waals surface area (Å²) in [5, 5.41) is 1.67. The summed E-state index contributed by atoms with van der Waals surface area (Å²) in [7, 11) is 0. The number of alkyl halides is 3. The molecule has 0 bridgehead atoms. The Labute approximate surface area is 89.3 Å². The summed E-state index contributed by atoms with van der Waals surface area (Å²) >= 11 is 0. The van der Waals surface area contributed by atoms with Crippen LogP contribution in [0.4, 0.5) is 17.6 Å². The maximum atomic E-state index is 13.0. The second kappa shape index (κ2) is 4.96. The van der Waals surface area contributed by atoms with Crippen LogP contribution in [0.2, 0.25) is 0 Å². The molecule has 0 radical (unpaired) electrons. The number of amides is 1. The van der Waals surface area contributed by atoms with Crippen molar-refractivity contribution < 1.29 is 22.4 Å². The van der Waals surface area contributed by atoms with Gasteiger partial charge in [0.2, 0.25) is 5.91 Å². The zero-order valence-corrected chi connectivity index (χ0v) is 8.14. The molecule has 1 aromatic rings. The molecule has 1 aromatic carbocycles. The molecule has 6 heteroatoms. The molecule has 0 spiro atoms. The number of carbonyl (C=O) groups is 1. The number of hydrogen-bond acceptors (Lipinski definition) is 1. The van der Waals surface area contributed by atoms with E-state index in [1.807, 2.05) is 0 Å². The van der Waals surface area contributed by atoms with Crippen LogP contribution in [0.25, 0.3) is 0 Å². The minimum atomic E-state index is -4.45. The highest BCUT2D eigenvalue weighted by Gasteiger charge is 2.27. The Bertz CT molecular complexity index is 375. The largest absolute Gasteiger partial charge is 0.405 e. The lowest BCUT2D eigenvalue weighted by Crippen LogP contribution is -2.34. The Hall–Kier alpha value is -1.59. The summed E-state index contributed by atoms with van der Waals surface area (Å²) in [6.45, 7) is -1.40. The lowest BCUT2D eigenvalue weighted by molar-refractivity contribution is -0.138. The van der Waals surface area contributed by atoms with Crippen molar-refractivity contribution >= 4 is 5.91 Å². The van der Waals surface area contributed by atoms with Gasteiger partial charge in [-0.3, -0.25) is 4.79 Å². The average Bonchev–Trinajstić information content (AvgIpc) is 2.18. The van der Waals surface area contributed by atoms with Gasteiger partial charge in [-0.2, -0.15) is 13.2 Å². The smallest absolute Gasteiger partial charge is 0.347 e. The van der Waals surface area contributed by atoms with Crippen LogP contribution >= 0.6 is 0 Å². The fourth-order valence-corrected chi connectivity index (χ4v) is 1.08. The van der Waals surface area contributed by atoms with Crippen molar-refractivity contribution in [3.05, 3.63) is 35.6 Å². The van der Waals surface area contributed by atoms with Crippen molar-refractivity contribution in [3.8, 4) is 0 Å². The quantitative estimate of drug-likeness (QED) is 0.798. The van der Waals surface area contributed by atoms with Gasteiger partial charge in [-0.05, 0) is 11.6 Å². The molecule has 0 atom stereocenters. The topological polar surface area (TPSA) is 29.1 Å². The van der Waals surface area contributed by atoms with Crippen molar-refractivity contribution in [2.75, 3.05) is 6.54 Å². The summed E-state index contributed by atoms with van der Waals surface area (Å²) < 4.78 is 48.3.